The predicted octanol–water partition coefficient (Wildman–Crippen LogP) is 2.67. The Morgan fingerprint density at radius 2 is 2.09 bits per heavy atom. The first-order valence-electron chi connectivity index (χ1n) is 8.08. The normalized spacial score (nSPS) is 28.5. The van der Waals surface area contributed by atoms with Crippen LogP contribution in [0.15, 0.2) is 30.3 Å². The lowest BCUT2D eigenvalue weighted by Crippen LogP contribution is -2.36. The highest BCUT2D eigenvalue weighted by atomic mass is 16.8. The molecule has 3 rings (SSSR count). The third-order valence-corrected chi connectivity index (χ3v) is 4.84. The molecule has 3 atom stereocenters. The van der Waals surface area contributed by atoms with Gasteiger partial charge >= 0.3 is 6.16 Å². The number of likely N-dealkylation sites (tertiary alicyclic amines) is 1. The van der Waals surface area contributed by atoms with E-state index in [9.17, 15) is 4.79 Å². The van der Waals surface area contributed by atoms with Gasteiger partial charge in [0, 0.05) is 18.6 Å². The van der Waals surface area contributed by atoms with Gasteiger partial charge in [0.05, 0.1) is 13.2 Å². The van der Waals surface area contributed by atoms with Crippen LogP contribution in [0.3, 0.4) is 0 Å². The molecule has 0 radical (unpaired) electrons. The Bertz CT molecular complexity index is 508. The van der Waals surface area contributed by atoms with Gasteiger partial charge < -0.3 is 9.57 Å². The Kier molecular flexibility index (Phi) is 4.64. The Hall–Kier alpha value is -1.59. The van der Waals surface area contributed by atoms with Gasteiger partial charge in [-0.1, -0.05) is 30.3 Å². The van der Waals surface area contributed by atoms with Crippen molar-refractivity contribution in [3.63, 3.8) is 0 Å². The number of ether oxygens (including phenoxy) is 1. The standard InChI is InChI=1S/C17H24N2O3/c1-3-21-17(20)22-19-12-16-15(13(19)2)9-10-18(16)11-14-7-5-4-6-8-14/h4-8,13,15-16H,3,9-12H2,1-2H3. The van der Waals surface area contributed by atoms with Crippen molar-refractivity contribution in [2.75, 3.05) is 19.7 Å². The van der Waals surface area contributed by atoms with E-state index in [0.29, 0.717) is 18.6 Å². The van der Waals surface area contributed by atoms with Crippen molar-refractivity contribution < 1.29 is 14.4 Å². The summed E-state index contributed by atoms with van der Waals surface area (Å²) in [5, 5.41) is 1.80. The lowest BCUT2D eigenvalue weighted by Gasteiger charge is -2.24. The van der Waals surface area contributed by atoms with Crippen molar-refractivity contribution in [3.8, 4) is 0 Å². The second-order valence-corrected chi connectivity index (χ2v) is 6.09. The summed E-state index contributed by atoms with van der Waals surface area (Å²) < 4.78 is 4.88. The van der Waals surface area contributed by atoms with Crippen LogP contribution in [-0.2, 0) is 16.1 Å². The van der Waals surface area contributed by atoms with Crippen molar-refractivity contribution in [2.45, 2.75) is 38.9 Å². The van der Waals surface area contributed by atoms with Crippen molar-refractivity contribution in [1.29, 1.82) is 0 Å². The Balaban J connectivity index is 1.61. The van der Waals surface area contributed by atoms with Crippen molar-refractivity contribution in [2.24, 2.45) is 5.92 Å². The summed E-state index contributed by atoms with van der Waals surface area (Å²) in [6.45, 7) is 7.09. The molecule has 22 heavy (non-hydrogen) atoms. The number of nitrogens with zero attached hydrogens (tertiary/aromatic N) is 2. The van der Waals surface area contributed by atoms with Crippen LogP contribution in [0.4, 0.5) is 4.79 Å². The number of fused-ring (bicyclic) bond motifs is 1. The maximum Gasteiger partial charge on any atom is 0.527 e. The van der Waals surface area contributed by atoms with Gasteiger partial charge in [-0.25, -0.2) is 4.79 Å². The fourth-order valence-corrected chi connectivity index (χ4v) is 3.70. The minimum Gasteiger partial charge on any atom is -0.433 e. The second-order valence-electron chi connectivity index (χ2n) is 6.09. The van der Waals surface area contributed by atoms with Crippen LogP contribution in [0.1, 0.15) is 25.8 Å². The van der Waals surface area contributed by atoms with Gasteiger partial charge in [-0.15, -0.1) is 5.06 Å². The molecule has 1 aromatic carbocycles. The zero-order valence-electron chi connectivity index (χ0n) is 13.3. The third-order valence-electron chi connectivity index (χ3n) is 4.84. The number of hydrogen-bond acceptors (Lipinski definition) is 5. The molecule has 0 saturated carbocycles. The molecule has 120 valence electrons. The van der Waals surface area contributed by atoms with Crippen molar-refractivity contribution >= 4 is 6.16 Å². The molecule has 2 saturated heterocycles. The zero-order chi connectivity index (χ0) is 15.5. The minimum atomic E-state index is -0.594. The lowest BCUT2D eigenvalue weighted by molar-refractivity contribution is -0.139. The average Bonchev–Trinajstić information content (AvgIpc) is 3.03. The number of carbonyl (C=O) groups excluding carboxylic acids is 1. The van der Waals surface area contributed by atoms with E-state index in [4.69, 9.17) is 9.57 Å². The third kappa shape index (κ3) is 3.10. The summed E-state index contributed by atoms with van der Waals surface area (Å²) in [4.78, 5) is 19.4. The van der Waals surface area contributed by atoms with Crippen LogP contribution in [0.25, 0.3) is 0 Å². The second kappa shape index (κ2) is 6.67. The first-order chi connectivity index (χ1) is 10.7. The summed E-state index contributed by atoms with van der Waals surface area (Å²) in [6, 6.07) is 11.2. The van der Waals surface area contributed by atoms with E-state index in [1.807, 2.05) is 6.07 Å². The van der Waals surface area contributed by atoms with Gasteiger partial charge in [0.25, 0.3) is 0 Å². The van der Waals surface area contributed by atoms with E-state index >= 15 is 0 Å². The molecule has 0 aromatic heterocycles. The number of hydrogen-bond donors (Lipinski definition) is 0. The minimum absolute atomic E-state index is 0.246. The molecule has 0 aliphatic carbocycles. The van der Waals surface area contributed by atoms with Crippen LogP contribution in [0.5, 0.6) is 0 Å². The van der Waals surface area contributed by atoms with Crippen molar-refractivity contribution in [3.05, 3.63) is 35.9 Å². The molecule has 0 bridgehead atoms. The highest BCUT2D eigenvalue weighted by Crippen LogP contribution is 2.37. The molecule has 5 nitrogen and oxygen atoms in total. The molecule has 5 heteroatoms. The molecule has 0 spiro atoms. The smallest absolute Gasteiger partial charge is 0.433 e. The molecule has 2 heterocycles. The topological polar surface area (TPSA) is 42.0 Å². The Labute approximate surface area is 131 Å². The molecule has 0 amide bonds. The molecule has 3 unspecified atom stereocenters. The lowest BCUT2D eigenvalue weighted by atomic mass is 9.98. The quantitative estimate of drug-likeness (QED) is 0.800. The van der Waals surface area contributed by atoms with Crippen LogP contribution in [0.2, 0.25) is 0 Å². The zero-order valence-corrected chi connectivity index (χ0v) is 13.3. The van der Waals surface area contributed by atoms with Crippen LogP contribution < -0.4 is 0 Å². The van der Waals surface area contributed by atoms with E-state index in [0.717, 1.165) is 26.1 Å². The molecule has 2 fully saturated rings. The number of carbonyl (C=O) groups is 1. The fourth-order valence-electron chi connectivity index (χ4n) is 3.70. The van der Waals surface area contributed by atoms with Gasteiger partial charge in [-0.3, -0.25) is 4.90 Å². The first-order valence-corrected chi connectivity index (χ1v) is 8.08. The summed E-state index contributed by atoms with van der Waals surface area (Å²) >= 11 is 0. The van der Waals surface area contributed by atoms with E-state index in [1.54, 1.807) is 12.0 Å². The molecule has 2 aliphatic heterocycles. The highest BCUT2D eigenvalue weighted by molar-refractivity contribution is 5.59. The molecular weight excluding hydrogens is 280 g/mol. The first kappa shape index (κ1) is 15.3. The fraction of sp³-hybridized carbons (Fsp3) is 0.588. The number of hydroxylamine groups is 2. The molecule has 0 N–H and O–H groups in total. The molecule has 2 aliphatic rings. The van der Waals surface area contributed by atoms with Crippen LogP contribution in [0, 0.1) is 5.92 Å². The van der Waals surface area contributed by atoms with Gasteiger partial charge in [0.1, 0.15) is 0 Å². The number of rotatable bonds is 4. The maximum absolute atomic E-state index is 11.5. The van der Waals surface area contributed by atoms with Gasteiger partial charge in [0.15, 0.2) is 0 Å². The summed E-state index contributed by atoms with van der Waals surface area (Å²) in [5.74, 6) is 0.554. The summed E-state index contributed by atoms with van der Waals surface area (Å²) in [7, 11) is 0. The Morgan fingerprint density at radius 1 is 1.32 bits per heavy atom. The van der Waals surface area contributed by atoms with E-state index in [1.165, 1.54) is 5.56 Å². The van der Waals surface area contributed by atoms with Gasteiger partial charge in [-0.05, 0) is 38.3 Å². The van der Waals surface area contributed by atoms with E-state index in [2.05, 4.69) is 36.1 Å². The monoisotopic (exact) mass is 304 g/mol. The predicted molar refractivity (Wildman–Crippen MR) is 83.0 cm³/mol. The van der Waals surface area contributed by atoms with E-state index in [-0.39, 0.29) is 6.04 Å². The average molecular weight is 304 g/mol. The molecular formula is C17H24N2O3. The summed E-state index contributed by atoms with van der Waals surface area (Å²) in [6.07, 6.45) is 0.561. The SMILES string of the molecule is CCOC(=O)ON1CC2C(CCN2Cc2ccccc2)C1C. The van der Waals surface area contributed by atoms with Gasteiger partial charge in [-0.2, -0.15) is 0 Å². The summed E-state index contributed by atoms with van der Waals surface area (Å²) in [5.41, 5.74) is 1.33. The maximum atomic E-state index is 11.5. The number of benzene rings is 1. The Morgan fingerprint density at radius 3 is 2.82 bits per heavy atom. The molecule has 1 aromatic rings. The van der Waals surface area contributed by atoms with Gasteiger partial charge in [0.2, 0.25) is 0 Å². The van der Waals surface area contributed by atoms with Crippen molar-refractivity contribution in [1.82, 2.24) is 9.96 Å². The van der Waals surface area contributed by atoms with Crippen LogP contribution in [-0.4, -0.2) is 47.9 Å². The highest BCUT2D eigenvalue weighted by Gasteiger charge is 2.47. The van der Waals surface area contributed by atoms with E-state index < -0.39 is 6.16 Å². The largest absolute Gasteiger partial charge is 0.527 e. The van der Waals surface area contributed by atoms with Crippen LogP contribution >= 0.6 is 0 Å².